The van der Waals surface area contributed by atoms with E-state index < -0.39 is 0 Å². The minimum Gasteiger partial charge on any atom is -0.468 e. The van der Waals surface area contributed by atoms with Crippen molar-refractivity contribution in [2.45, 2.75) is 12.5 Å². The monoisotopic (exact) mass is 235 g/mol. The number of anilines is 1. The quantitative estimate of drug-likeness (QED) is 0.739. The van der Waals surface area contributed by atoms with Crippen LogP contribution in [0.1, 0.15) is 5.56 Å². The zero-order valence-corrected chi connectivity index (χ0v) is 10.2. The van der Waals surface area contributed by atoms with Crippen molar-refractivity contribution in [3.8, 4) is 0 Å². The van der Waals surface area contributed by atoms with Crippen LogP contribution in [0, 0.1) is 0 Å². The Labute approximate surface area is 101 Å². The van der Waals surface area contributed by atoms with Crippen molar-refractivity contribution in [2.75, 3.05) is 32.2 Å². The van der Waals surface area contributed by atoms with Crippen LogP contribution in [0.5, 0.6) is 0 Å². The van der Waals surface area contributed by atoms with Gasteiger partial charge >= 0.3 is 5.97 Å². The normalized spacial score (nSPS) is 18.7. The number of carbonyl (C=O) groups excluding carboxylic acids is 1. The summed E-state index contributed by atoms with van der Waals surface area (Å²) in [6.07, 6.45) is 1.03. The van der Waals surface area contributed by atoms with Crippen LogP contribution in [-0.4, -0.2) is 39.4 Å². The zero-order chi connectivity index (χ0) is 12.3. The second kappa shape index (κ2) is 5.19. The Morgan fingerprint density at radius 1 is 1.41 bits per heavy atom. The Balaban J connectivity index is 2.22. The third kappa shape index (κ3) is 2.58. The molecule has 4 nitrogen and oxygen atoms in total. The predicted molar refractivity (Wildman–Crippen MR) is 65.2 cm³/mol. The highest BCUT2D eigenvalue weighted by Crippen LogP contribution is 2.27. The molecule has 1 aliphatic heterocycles. The average molecular weight is 235 g/mol. The number of rotatable bonds is 3. The maximum absolute atomic E-state index is 11.4. The molecule has 0 N–H and O–H groups in total. The van der Waals surface area contributed by atoms with Crippen molar-refractivity contribution in [2.24, 2.45) is 0 Å². The number of ether oxygens (including phenoxy) is 2. The van der Waals surface area contributed by atoms with E-state index in [0.29, 0.717) is 0 Å². The zero-order valence-electron chi connectivity index (χ0n) is 10.2. The van der Waals surface area contributed by atoms with Gasteiger partial charge in [0, 0.05) is 25.8 Å². The van der Waals surface area contributed by atoms with Gasteiger partial charge in [-0.2, -0.15) is 0 Å². The summed E-state index contributed by atoms with van der Waals surface area (Å²) < 4.78 is 10.1. The SMILES string of the molecule is COC(=O)CN1C[C@@H](OC)Cc2ccccc21. The first-order chi connectivity index (χ1) is 8.24. The number of nitrogens with zero attached hydrogens (tertiary/aromatic N) is 1. The van der Waals surface area contributed by atoms with Gasteiger partial charge in [0.25, 0.3) is 0 Å². The molecule has 0 aromatic heterocycles. The highest BCUT2D eigenvalue weighted by Gasteiger charge is 2.25. The van der Waals surface area contributed by atoms with Crippen LogP contribution >= 0.6 is 0 Å². The van der Waals surface area contributed by atoms with Gasteiger partial charge in [-0.3, -0.25) is 4.79 Å². The highest BCUT2D eigenvalue weighted by atomic mass is 16.5. The van der Waals surface area contributed by atoms with Crippen LogP contribution in [0.15, 0.2) is 24.3 Å². The molecule has 1 atom stereocenters. The molecule has 0 radical (unpaired) electrons. The summed E-state index contributed by atoms with van der Waals surface area (Å²) in [5, 5.41) is 0. The van der Waals surface area contributed by atoms with E-state index in [0.717, 1.165) is 18.7 Å². The lowest BCUT2D eigenvalue weighted by atomic mass is 9.99. The molecule has 0 bridgehead atoms. The van der Waals surface area contributed by atoms with E-state index in [1.54, 1.807) is 7.11 Å². The van der Waals surface area contributed by atoms with Crippen molar-refractivity contribution in [3.63, 3.8) is 0 Å². The average Bonchev–Trinajstić information content (AvgIpc) is 2.38. The molecule has 4 heteroatoms. The van der Waals surface area contributed by atoms with Crippen molar-refractivity contribution >= 4 is 11.7 Å². The topological polar surface area (TPSA) is 38.8 Å². The van der Waals surface area contributed by atoms with Crippen molar-refractivity contribution in [1.82, 2.24) is 0 Å². The molecular formula is C13H17NO3. The molecule has 0 saturated carbocycles. The fourth-order valence-corrected chi connectivity index (χ4v) is 2.17. The summed E-state index contributed by atoms with van der Waals surface area (Å²) >= 11 is 0. The number of hydrogen-bond acceptors (Lipinski definition) is 4. The molecule has 1 aliphatic rings. The van der Waals surface area contributed by atoms with Crippen molar-refractivity contribution < 1.29 is 14.3 Å². The van der Waals surface area contributed by atoms with Crippen LogP contribution in [0.4, 0.5) is 5.69 Å². The fourth-order valence-electron chi connectivity index (χ4n) is 2.17. The van der Waals surface area contributed by atoms with E-state index in [1.165, 1.54) is 12.7 Å². The van der Waals surface area contributed by atoms with Gasteiger partial charge in [-0.15, -0.1) is 0 Å². The van der Waals surface area contributed by atoms with Gasteiger partial charge in [-0.05, 0) is 11.6 Å². The molecule has 0 fully saturated rings. The molecule has 1 heterocycles. The molecule has 17 heavy (non-hydrogen) atoms. The van der Waals surface area contributed by atoms with E-state index in [4.69, 9.17) is 9.47 Å². The third-order valence-electron chi connectivity index (χ3n) is 3.08. The van der Waals surface area contributed by atoms with Crippen LogP contribution in [0.3, 0.4) is 0 Å². The summed E-state index contributed by atoms with van der Waals surface area (Å²) in [6, 6.07) is 8.10. The van der Waals surface area contributed by atoms with E-state index in [2.05, 4.69) is 6.07 Å². The van der Waals surface area contributed by atoms with Gasteiger partial charge in [0.15, 0.2) is 0 Å². The van der Waals surface area contributed by atoms with Gasteiger partial charge < -0.3 is 14.4 Å². The first-order valence-corrected chi connectivity index (χ1v) is 5.67. The van der Waals surface area contributed by atoms with Crippen LogP contribution < -0.4 is 4.90 Å². The lowest BCUT2D eigenvalue weighted by Gasteiger charge is -2.34. The van der Waals surface area contributed by atoms with Crippen molar-refractivity contribution in [3.05, 3.63) is 29.8 Å². The first-order valence-electron chi connectivity index (χ1n) is 5.67. The van der Waals surface area contributed by atoms with Crippen molar-refractivity contribution in [1.29, 1.82) is 0 Å². The molecular weight excluding hydrogens is 218 g/mol. The Hall–Kier alpha value is -1.55. The third-order valence-corrected chi connectivity index (χ3v) is 3.08. The largest absolute Gasteiger partial charge is 0.468 e. The highest BCUT2D eigenvalue weighted by molar-refractivity contribution is 5.76. The molecule has 0 saturated heterocycles. The molecule has 1 aromatic rings. The molecule has 1 aromatic carbocycles. The number of carbonyl (C=O) groups is 1. The minimum atomic E-state index is -0.225. The lowest BCUT2D eigenvalue weighted by molar-refractivity contribution is -0.139. The summed E-state index contributed by atoms with van der Waals surface area (Å²) in [6.45, 7) is 0.996. The molecule has 0 unspecified atom stereocenters. The van der Waals surface area contributed by atoms with E-state index in [-0.39, 0.29) is 18.6 Å². The number of benzene rings is 1. The minimum absolute atomic E-state index is 0.134. The fraction of sp³-hybridized carbons (Fsp3) is 0.462. The van der Waals surface area contributed by atoms with Crippen LogP contribution in [0.25, 0.3) is 0 Å². The van der Waals surface area contributed by atoms with Gasteiger partial charge in [-0.25, -0.2) is 0 Å². The Morgan fingerprint density at radius 3 is 2.88 bits per heavy atom. The second-order valence-corrected chi connectivity index (χ2v) is 4.15. The molecule has 2 rings (SSSR count). The maximum Gasteiger partial charge on any atom is 0.325 e. The van der Waals surface area contributed by atoms with E-state index in [9.17, 15) is 4.79 Å². The summed E-state index contributed by atoms with van der Waals surface area (Å²) in [5.41, 5.74) is 2.32. The van der Waals surface area contributed by atoms with Gasteiger partial charge in [-0.1, -0.05) is 18.2 Å². The predicted octanol–water partition coefficient (Wildman–Crippen LogP) is 1.24. The summed E-state index contributed by atoms with van der Waals surface area (Å²) in [4.78, 5) is 13.4. The Kier molecular flexibility index (Phi) is 3.64. The molecule has 0 aliphatic carbocycles. The maximum atomic E-state index is 11.4. The smallest absolute Gasteiger partial charge is 0.325 e. The van der Waals surface area contributed by atoms with Crippen LogP contribution in [0.2, 0.25) is 0 Å². The standard InChI is InChI=1S/C13H17NO3/c1-16-11-7-10-5-3-4-6-12(10)14(8-11)9-13(15)17-2/h3-6,11H,7-9H2,1-2H3/t11-/m0/s1. The number of esters is 1. The van der Waals surface area contributed by atoms with E-state index >= 15 is 0 Å². The van der Waals surface area contributed by atoms with Gasteiger partial charge in [0.2, 0.25) is 0 Å². The summed E-state index contributed by atoms with van der Waals surface area (Å²) in [7, 11) is 3.11. The number of methoxy groups -OCH3 is 2. The Morgan fingerprint density at radius 2 is 2.18 bits per heavy atom. The molecule has 0 amide bonds. The van der Waals surface area contributed by atoms with Gasteiger partial charge in [0.1, 0.15) is 6.54 Å². The first kappa shape index (κ1) is 11.9. The number of fused-ring (bicyclic) bond motifs is 1. The molecule has 92 valence electrons. The van der Waals surface area contributed by atoms with E-state index in [1.807, 2.05) is 23.1 Å². The Bertz CT molecular complexity index is 405. The molecule has 0 spiro atoms. The number of para-hydroxylation sites is 1. The number of hydrogen-bond donors (Lipinski definition) is 0. The van der Waals surface area contributed by atoms with Gasteiger partial charge in [0.05, 0.1) is 13.2 Å². The second-order valence-electron chi connectivity index (χ2n) is 4.15. The lowest BCUT2D eigenvalue weighted by Crippen LogP contribution is -2.42. The van der Waals surface area contributed by atoms with Crippen LogP contribution in [-0.2, 0) is 20.7 Å². The summed E-state index contributed by atoms with van der Waals surface area (Å²) in [5.74, 6) is -0.225.